The van der Waals surface area contributed by atoms with Crippen molar-refractivity contribution in [2.45, 2.75) is 26.9 Å². The number of nitrogens with one attached hydrogen (secondary N) is 1. The highest BCUT2D eigenvalue weighted by molar-refractivity contribution is 5.83. The number of nitrogens with zero attached hydrogens (tertiary/aromatic N) is 1. The van der Waals surface area contributed by atoms with Gasteiger partial charge in [0.2, 0.25) is 0 Å². The number of hydrogen-bond donors (Lipinski definition) is 1. The number of carbonyl (C=O) groups excluding carboxylic acids is 1. The summed E-state index contributed by atoms with van der Waals surface area (Å²) in [6.45, 7) is 4.44. The molecule has 6 heteroatoms. The first-order valence-corrected chi connectivity index (χ1v) is 10.5. The van der Waals surface area contributed by atoms with Gasteiger partial charge in [0.1, 0.15) is 12.4 Å². The maximum absolute atomic E-state index is 12.0. The molecule has 6 nitrogen and oxygen atoms in total. The maximum atomic E-state index is 12.0. The van der Waals surface area contributed by atoms with E-state index in [2.05, 4.69) is 23.5 Å². The van der Waals surface area contributed by atoms with Gasteiger partial charge in [-0.15, -0.1) is 0 Å². The van der Waals surface area contributed by atoms with Gasteiger partial charge in [-0.05, 0) is 59.9 Å². The van der Waals surface area contributed by atoms with E-state index in [9.17, 15) is 4.79 Å². The molecule has 3 aromatic carbocycles. The van der Waals surface area contributed by atoms with Gasteiger partial charge >= 0.3 is 0 Å². The number of ether oxygens (including phenoxy) is 3. The van der Waals surface area contributed by atoms with Crippen LogP contribution in [0.2, 0.25) is 0 Å². The lowest BCUT2D eigenvalue weighted by atomic mass is 10.1. The number of carbonyl (C=O) groups is 1. The lowest BCUT2D eigenvalue weighted by Crippen LogP contribution is -2.24. The Kier molecular flexibility index (Phi) is 8.26. The average Bonchev–Trinajstić information content (AvgIpc) is 2.82. The molecule has 0 aromatic heterocycles. The van der Waals surface area contributed by atoms with E-state index in [1.807, 2.05) is 61.5 Å². The van der Waals surface area contributed by atoms with E-state index >= 15 is 0 Å². The van der Waals surface area contributed by atoms with Crippen LogP contribution in [-0.2, 0) is 17.8 Å². The Morgan fingerprint density at radius 3 is 2.44 bits per heavy atom. The van der Waals surface area contributed by atoms with Gasteiger partial charge in [0.05, 0.1) is 13.3 Å². The minimum atomic E-state index is -0.336. The monoisotopic (exact) mass is 432 g/mol. The SMILES string of the molecule is CCc1ccccc1OCC(=O)N/N=C/c1ccc(OCc2ccccc2C)c(OC)c1. The maximum Gasteiger partial charge on any atom is 0.277 e. The molecule has 0 atom stereocenters. The summed E-state index contributed by atoms with van der Waals surface area (Å²) in [5.74, 6) is 1.60. The molecular formula is C26H28N2O4. The summed E-state index contributed by atoms with van der Waals surface area (Å²) >= 11 is 0. The molecule has 0 heterocycles. The van der Waals surface area contributed by atoms with Crippen LogP contribution >= 0.6 is 0 Å². The van der Waals surface area contributed by atoms with Crippen LogP contribution < -0.4 is 19.6 Å². The normalized spacial score (nSPS) is 10.7. The van der Waals surface area contributed by atoms with Crippen molar-refractivity contribution in [1.29, 1.82) is 0 Å². The van der Waals surface area contributed by atoms with E-state index < -0.39 is 0 Å². The third kappa shape index (κ3) is 6.35. The van der Waals surface area contributed by atoms with Crippen LogP contribution in [0.15, 0.2) is 71.8 Å². The fourth-order valence-corrected chi connectivity index (χ4v) is 3.10. The summed E-state index contributed by atoms with van der Waals surface area (Å²) in [5.41, 5.74) is 6.59. The van der Waals surface area contributed by atoms with E-state index in [4.69, 9.17) is 14.2 Å². The molecule has 166 valence electrons. The highest BCUT2D eigenvalue weighted by Gasteiger charge is 2.07. The number of aryl methyl sites for hydroxylation is 2. The van der Waals surface area contributed by atoms with Crippen molar-refractivity contribution in [2.24, 2.45) is 5.10 Å². The van der Waals surface area contributed by atoms with Crippen LogP contribution in [0.1, 0.15) is 29.2 Å². The Bertz CT molecular complexity index is 1080. The second-order valence-corrected chi connectivity index (χ2v) is 7.17. The predicted octanol–water partition coefficient (Wildman–Crippen LogP) is 4.67. The highest BCUT2D eigenvalue weighted by Crippen LogP contribution is 2.28. The molecule has 3 rings (SSSR count). The minimum absolute atomic E-state index is 0.108. The Morgan fingerprint density at radius 2 is 1.69 bits per heavy atom. The molecule has 0 unspecified atom stereocenters. The lowest BCUT2D eigenvalue weighted by Gasteiger charge is -2.12. The van der Waals surface area contributed by atoms with Gasteiger partial charge in [-0.25, -0.2) is 5.43 Å². The standard InChI is InChI=1S/C26H28N2O4/c1-4-21-10-7-8-12-23(21)32-18-26(29)28-27-16-20-13-14-24(25(15-20)30-3)31-17-22-11-6-5-9-19(22)2/h5-16H,4,17-18H2,1-3H3,(H,28,29)/b27-16+. The first-order valence-electron chi connectivity index (χ1n) is 10.5. The fourth-order valence-electron chi connectivity index (χ4n) is 3.10. The third-order valence-electron chi connectivity index (χ3n) is 4.95. The molecule has 0 spiro atoms. The molecule has 0 aliphatic heterocycles. The molecule has 0 aliphatic rings. The molecule has 0 fully saturated rings. The van der Waals surface area contributed by atoms with Crippen molar-refractivity contribution >= 4 is 12.1 Å². The number of benzene rings is 3. The van der Waals surface area contributed by atoms with Crippen molar-refractivity contribution in [3.63, 3.8) is 0 Å². The van der Waals surface area contributed by atoms with Crippen molar-refractivity contribution < 1.29 is 19.0 Å². The summed E-state index contributed by atoms with van der Waals surface area (Å²) in [6.07, 6.45) is 2.38. The van der Waals surface area contributed by atoms with E-state index in [1.54, 1.807) is 19.4 Å². The van der Waals surface area contributed by atoms with Crippen molar-refractivity contribution in [3.05, 3.63) is 89.0 Å². The number of amides is 1. The Morgan fingerprint density at radius 1 is 0.938 bits per heavy atom. The molecule has 3 aromatic rings. The zero-order valence-electron chi connectivity index (χ0n) is 18.6. The Labute approximate surface area is 188 Å². The summed E-state index contributed by atoms with van der Waals surface area (Å²) < 4.78 is 17.0. The first kappa shape index (κ1) is 22.9. The fraction of sp³-hybridized carbons (Fsp3) is 0.231. The van der Waals surface area contributed by atoms with Crippen LogP contribution in [0.5, 0.6) is 17.2 Å². The summed E-state index contributed by atoms with van der Waals surface area (Å²) in [5, 5.41) is 4.01. The molecule has 0 radical (unpaired) electrons. The molecule has 32 heavy (non-hydrogen) atoms. The number of hydrogen-bond acceptors (Lipinski definition) is 5. The van der Waals surface area contributed by atoms with Crippen molar-refractivity contribution in [2.75, 3.05) is 13.7 Å². The lowest BCUT2D eigenvalue weighted by molar-refractivity contribution is -0.123. The van der Waals surface area contributed by atoms with Gasteiger partial charge in [0.15, 0.2) is 18.1 Å². The molecule has 1 N–H and O–H groups in total. The molecule has 0 saturated carbocycles. The van der Waals surface area contributed by atoms with Crippen LogP contribution in [0, 0.1) is 6.92 Å². The van der Waals surface area contributed by atoms with E-state index in [0.29, 0.717) is 23.9 Å². The Balaban J connectivity index is 1.54. The van der Waals surface area contributed by atoms with Gasteiger partial charge in [-0.1, -0.05) is 49.4 Å². The second kappa shape index (κ2) is 11.6. The summed E-state index contributed by atoms with van der Waals surface area (Å²) in [7, 11) is 1.59. The van der Waals surface area contributed by atoms with Crippen molar-refractivity contribution in [1.82, 2.24) is 5.43 Å². The topological polar surface area (TPSA) is 69.2 Å². The largest absolute Gasteiger partial charge is 0.493 e. The zero-order chi connectivity index (χ0) is 22.8. The quantitative estimate of drug-likeness (QED) is 0.373. The first-order chi connectivity index (χ1) is 15.6. The number of methoxy groups -OCH3 is 1. The van der Waals surface area contributed by atoms with E-state index in [0.717, 1.165) is 23.1 Å². The third-order valence-corrected chi connectivity index (χ3v) is 4.95. The van der Waals surface area contributed by atoms with Crippen molar-refractivity contribution in [3.8, 4) is 17.2 Å². The number of rotatable bonds is 10. The minimum Gasteiger partial charge on any atom is -0.493 e. The van der Waals surface area contributed by atoms with Crippen LogP contribution in [0.4, 0.5) is 0 Å². The predicted molar refractivity (Wildman–Crippen MR) is 126 cm³/mol. The summed E-state index contributed by atoms with van der Waals surface area (Å²) in [6, 6.07) is 21.2. The van der Waals surface area contributed by atoms with Crippen LogP contribution in [-0.4, -0.2) is 25.8 Å². The van der Waals surface area contributed by atoms with E-state index in [1.165, 1.54) is 5.56 Å². The second-order valence-electron chi connectivity index (χ2n) is 7.17. The Hall–Kier alpha value is -3.80. The number of para-hydroxylation sites is 1. The highest BCUT2D eigenvalue weighted by atomic mass is 16.5. The molecular weight excluding hydrogens is 404 g/mol. The molecule has 0 saturated heterocycles. The molecule has 1 amide bonds. The molecule has 0 bridgehead atoms. The van der Waals surface area contributed by atoms with Gasteiger partial charge in [0.25, 0.3) is 5.91 Å². The van der Waals surface area contributed by atoms with Gasteiger partial charge in [-0.2, -0.15) is 5.10 Å². The van der Waals surface area contributed by atoms with Gasteiger partial charge in [-0.3, -0.25) is 4.79 Å². The van der Waals surface area contributed by atoms with Gasteiger partial charge in [0, 0.05) is 0 Å². The average molecular weight is 433 g/mol. The smallest absolute Gasteiger partial charge is 0.277 e. The van der Waals surface area contributed by atoms with Gasteiger partial charge < -0.3 is 14.2 Å². The van der Waals surface area contributed by atoms with Crippen LogP contribution in [0.3, 0.4) is 0 Å². The zero-order valence-corrected chi connectivity index (χ0v) is 18.6. The van der Waals surface area contributed by atoms with Crippen LogP contribution in [0.25, 0.3) is 0 Å². The van der Waals surface area contributed by atoms with E-state index in [-0.39, 0.29) is 12.5 Å². The molecule has 0 aliphatic carbocycles. The summed E-state index contributed by atoms with van der Waals surface area (Å²) in [4.78, 5) is 12.0. The number of hydrazone groups is 1.